The molecule has 5 amide bonds. The molecule has 1 atom stereocenters. The van der Waals surface area contributed by atoms with E-state index in [1.54, 1.807) is 0 Å². The van der Waals surface area contributed by atoms with Crippen molar-refractivity contribution in [1.82, 2.24) is 20.4 Å². The Morgan fingerprint density at radius 2 is 1.79 bits per heavy atom. The van der Waals surface area contributed by atoms with E-state index in [2.05, 4.69) is 27.8 Å². The predicted octanol–water partition coefficient (Wildman–Crippen LogP) is 4.88. The molecule has 1 aliphatic rings. The molecule has 2 aromatic rings. The number of carbonyl (C=O) groups is 4. The van der Waals surface area contributed by atoms with Gasteiger partial charge in [-0.05, 0) is 87.6 Å². The van der Waals surface area contributed by atoms with Gasteiger partial charge >= 0.3 is 18.0 Å². The van der Waals surface area contributed by atoms with Gasteiger partial charge in [0.1, 0.15) is 6.04 Å². The fourth-order valence-corrected chi connectivity index (χ4v) is 5.07. The van der Waals surface area contributed by atoms with Crippen molar-refractivity contribution in [2.45, 2.75) is 52.5 Å². The van der Waals surface area contributed by atoms with Crippen LogP contribution in [-0.4, -0.2) is 67.0 Å². The van der Waals surface area contributed by atoms with Crippen LogP contribution < -0.4 is 16.0 Å². The maximum absolute atomic E-state index is 14.2. The van der Waals surface area contributed by atoms with Gasteiger partial charge in [0.25, 0.3) is 0 Å². The first kappa shape index (κ1) is 33.2. The lowest BCUT2D eigenvalue weighted by Gasteiger charge is -2.36. The highest BCUT2D eigenvalue weighted by Gasteiger charge is 2.42. The minimum Gasteiger partial charge on any atom is -0.466 e. The molecule has 1 heterocycles. The number of imide groups is 1. The van der Waals surface area contributed by atoms with Crippen molar-refractivity contribution in [1.29, 1.82) is 0 Å². The number of hydrogen-bond donors (Lipinski definition) is 3. The van der Waals surface area contributed by atoms with Gasteiger partial charge in [0.05, 0.1) is 12.7 Å². The summed E-state index contributed by atoms with van der Waals surface area (Å²) in [6.45, 7) is 7.68. The molecule has 0 saturated carbocycles. The van der Waals surface area contributed by atoms with Gasteiger partial charge in [-0.25, -0.2) is 28.1 Å². The van der Waals surface area contributed by atoms with E-state index in [4.69, 9.17) is 4.74 Å². The van der Waals surface area contributed by atoms with E-state index >= 15 is 0 Å². The van der Waals surface area contributed by atoms with Gasteiger partial charge in [-0.2, -0.15) is 0 Å². The van der Waals surface area contributed by atoms with E-state index in [1.807, 2.05) is 24.3 Å². The van der Waals surface area contributed by atoms with Crippen LogP contribution in [0.25, 0.3) is 0 Å². The number of ether oxygens (including phenoxy) is 1. The Morgan fingerprint density at radius 1 is 1.05 bits per heavy atom. The molecule has 43 heavy (non-hydrogen) atoms. The first-order chi connectivity index (χ1) is 20.5. The van der Waals surface area contributed by atoms with Crippen LogP contribution in [0.3, 0.4) is 0 Å². The molecule has 1 aliphatic heterocycles. The van der Waals surface area contributed by atoms with Gasteiger partial charge in [0.2, 0.25) is 5.91 Å². The number of nitrogens with one attached hydrogen (secondary N) is 3. The molecule has 0 aromatic heterocycles. The summed E-state index contributed by atoms with van der Waals surface area (Å²) in [6.07, 6.45) is 3.29. The number of methoxy groups -OCH3 is 1. The van der Waals surface area contributed by atoms with Crippen LogP contribution in [0.15, 0.2) is 53.7 Å². The summed E-state index contributed by atoms with van der Waals surface area (Å²) < 4.78 is 32.7. The number of rotatable bonds is 13. The normalized spacial score (nSPS) is 14.9. The number of esters is 1. The molecule has 0 radical (unpaired) electrons. The number of amides is 5. The van der Waals surface area contributed by atoms with E-state index in [-0.39, 0.29) is 29.3 Å². The topological polar surface area (TPSA) is 120 Å². The second-order valence-corrected chi connectivity index (χ2v) is 10.3. The Balaban J connectivity index is 1.62. The summed E-state index contributed by atoms with van der Waals surface area (Å²) in [5.41, 5.74) is 2.01. The first-order valence-electron chi connectivity index (χ1n) is 14.3. The molecule has 0 saturated heterocycles. The zero-order valence-corrected chi connectivity index (χ0v) is 25.0. The predicted molar refractivity (Wildman–Crippen MR) is 158 cm³/mol. The van der Waals surface area contributed by atoms with Crippen molar-refractivity contribution < 1.29 is 32.7 Å². The molecule has 2 aromatic carbocycles. The Morgan fingerprint density at radius 3 is 2.47 bits per heavy atom. The zero-order chi connectivity index (χ0) is 31.5. The van der Waals surface area contributed by atoms with Crippen molar-refractivity contribution in [2.24, 2.45) is 0 Å². The average Bonchev–Trinajstić information content (AvgIpc) is 2.95. The smallest absolute Gasteiger partial charge is 0.337 e. The molecule has 232 valence electrons. The summed E-state index contributed by atoms with van der Waals surface area (Å²) in [5, 5.41) is 8.00. The van der Waals surface area contributed by atoms with Gasteiger partial charge in [-0.1, -0.05) is 25.1 Å². The van der Waals surface area contributed by atoms with Crippen molar-refractivity contribution in [2.75, 3.05) is 38.6 Å². The Hall–Kier alpha value is -4.32. The molecule has 12 heteroatoms. The third-order valence-electron chi connectivity index (χ3n) is 6.99. The SMILES string of the molecule is CCCN(CCCNC(=O)N1C(=O)NC(C)=C(C(=O)OC)[C@@H]1c1ccc(F)c(F)c1)CCCc1cccc(NC(C)=O)c1. The van der Waals surface area contributed by atoms with E-state index in [0.717, 1.165) is 67.7 Å². The van der Waals surface area contributed by atoms with Crippen LogP contribution in [0.5, 0.6) is 0 Å². The average molecular weight is 600 g/mol. The van der Waals surface area contributed by atoms with Crippen LogP contribution in [-0.2, 0) is 20.7 Å². The summed E-state index contributed by atoms with van der Waals surface area (Å²) in [4.78, 5) is 53.3. The lowest BCUT2D eigenvalue weighted by Crippen LogP contribution is -2.54. The van der Waals surface area contributed by atoms with Crippen LogP contribution in [0.4, 0.5) is 24.1 Å². The number of allylic oxidation sites excluding steroid dienone is 1. The first-order valence-corrected chi connectivity index (χ1v) is 14.3. The quantitative estimate of drug-likeness (QED) is 0.223. The minimum absolute atomic E-state index is 0.0420. The molecule has 0 unspecified atom stereocenters. The molecule has 3 N–H and O–H groups in total. The van der Waals surface area contributed by atoms with Crippen molar-refractivity contribution in [3.05, 3.63) is 76.5 Å². The molecule has 0 bridgehead atoms. The van der Waals surface area contributed by atoms with Gasteiger partial charge in [0, 0.05) is 24.9 Å². The van der Waals surface area contributed by atoms with Gasteiger partial charge < -0.3 is 25.6 Å². The van der Waals surface area contributed by atoms with Crippen LogP contribution in [0.2, 0.25) is 0 Å². The molecular formula is C31H39F2N5O5. The second kappa shape index (κ2) is 15.8. The lowest BCUT2D eigenvalue weighted by molar-refractivity contribution is -0.136. The third-order valence-corrected chi connectivity index (χ3v) is 6.99. The Kier molecular flexibility index (Phi) is 12.2. The zero-order valence-electron chi connectivity index (χ0n) is 25.0. The van der Waals surface area contributed by atoms with Crippen molar-refractivity contribution >= 4 is 29.6 Å². The number of halogens is 2. The van der Waals surface area contributed by atoms with Gasteiger partial charge in [0.15, 0.2) is 11.6 Å². The summed E-state index contributed by atoms with van der Waals surface area (Å²) >= 11 is 0. The maximum atomic E-state index is 14.2. The molecular weight excluding hydrogens is 560 g/mol. The van der Waals surface area contributed by atoms with E-state index in [0.29, 0.717) is 13.0 Å². The summed E-state index contributed by atoms with van der Waals surface area (Å²) in [5.74, 6) is -3.21. The fourth-order valence-electron chi connectivity index (χ4n) is 5.07. The molecule has 10 nitrogen and oxygen atoms in total. The van der Waals surface area contributed by atoms with Crippen LogP contribution >= 0.6 is 0 Å². The fraction of sp³-hybridized carbons (Fsp3) is 0.419. The van der Waals surface area contributed by atoms with Crippen molar-refractivity contribution in [3.8, 4) is 0 Å². The van der Waals surface area contributed by atoms with Gasteiger partial charge in [-0.15, -0.1) is 0 Å². The summed E-state index contributed by atoms with van der Waals surface area (Å²) in [6, 6.07) is 7.78. The van der Waals surface area contributed by atoms with E-state index in [1.165, 1.54) is 19.9 Å². The molecule has 0 aliphatic carbocycles. The van der Waals surface area contributed by atoms with E-state index in [9.17, 15) is 28.0 Å². The number of aryl methyl sites for hydroxylation is 1. The number of anilines is 1. The van der Waals surface area contributed by atoms with Crippen LogP contribution in [0, 0.1) is 11.6 Å². The van der Waals surface area contributed by atoms with Crippen molar-refractivity contribution in [3.63, 3.8) is 0 Å². The molecule has 0 fully saturated rings. The number of hydrogen-bond acceptors (Lipinski definition) is 6. The number of urea groups is 2. The Labute approximate surface area is 250 Å². The summed E-state index contributed by atoms with van der Waals surface area (Å²) in [7, 11) is 1.15. The third kappa shape index (κ3) is 9.08. The molecule has 3 rings (SSSR count). The highest BCUT2D eigenvalue weighted by atomic mass is 19.2. The monoisotopic (exact) mass is 599 g/mol. The largest absolute Gasteiger partial charge is 0.466 e. The molecule has 0 spiro atoms. The number of nitrogens with zero attached hydrogens (tertiary/aromatic N) is 2. The minimum atomic E-state index is -1.32. The van der Waals surface area contributed by atoms with Crippen LogP contribution in [0.1, 0.15) is 57.2 Å². The highest BCUT2D eigenvalue weighted by molar-refractivity contribution is 6.01. The second-order valence-electron chi connectivity index (χ2n) is 10.3. The van der Waals surface area contributed by atoms with Gasteiger partial charge in [-0.3, -0.25) is 4.79 Å². The maximum Gasteiger partial charge on any atom is 0.337 e. The lowest BCUT2D eigenvalue weighted by atomic mass is 9.94. The standard InChI is InChI=1S/C31H39F2N5O5/c1-5-15-37(16-7-10-22-9-6-11-24(18-22)36-21(3)39)17-8-14-34-30(41)38-28(23-12-13-25(32)26(33)19-23)27(29(40)43-4)20(2)35-31(38)42/h6,9,11-13,18-19,28H,5,7-8,10,14-17H2,1-4H3,(H,34,41)(H,35,42)(H,36,39)/t28-/m0/s1. The Bertz CT molecular complexity index is 1370. The highest BCUT2D eigenvalue weighted by Crippen LogP contribution is 2.35. The number of carbonyl (C=O) groups excluding carboxylic acids is 4. The van der Waals surface area contributed by atoms with E-state index < -0.39 is 35.7 Å². The number of benzene rings is 2.